The summed E-state index contributed by atoms with van der Waals surface area (Å²) in [5, 5.41) is 14.2. The molecule has 2 N–H and O–H groups in total. The molecule has 0 fully saturated rings. The fourth-order valence-corrected chi connectivity index (χ4v) is 3.30. The van der Waals surface area contributed by atoms with Crippen molar-refractivity contribution >= 4 is 16.9 Å². The lowest BCUT2D eigenvalue weighted by Crippen LogP contribution is -2.50. The molecule has 0 spiro atoms. The van der Waals surface area contributed by atoms with Crippen LogP contribution in [0.1, 0.15) is 17.5 Å². The molecule has 136 valence electrons. The summed E-state index contributed by atoms with van der Waals surface area (Å²) in [4.78, 5) is 16.9. The Kier molecular flexibility index (Phi) is 4.15. The molecule has 0 saturated carbocycles. The number of nitrogens with zero attached hydrogens (tertiary/aromatic N) is 5. The average molecular weight is 357 g/mol. The minimum atomic E-state index is -0.313. The highest BCUT2D eigenvalue weighted by Gasteiger charge is 2.26. The number of nitrogens with one attached hydrogen (secondary N) is 2. The molecule has 1 unspecified atom stereocenters. The number of rotatable bonds is 4. The van der Waals surface area contributed by atoms with Crippen LogP contribution >= 0.6 is 0 Å². The average Bonchev–Trinajstić information content (AvgIpc) is 3.15. The molecule has 1 aliphatic rings. The van der Waals surface area contributed by atoms with E-state index in [0.29, 0.717) is 31.6 Å². The zero-order valence-electron chi connectivity index (χ0n) is 14.7. The maximum absolute atomic E-state index is 13.3. The van der Waals surface area contributed by atoms with E-state index in [9.17, 15) is 9.18 Å². The molecule has 8 nitrogen and oxygen atoms in total. The molecule has 2 aromatic heterocycles. The molecule has 1 amide bonds. The third kappa shape index (κ3) is 2.94. The van der Waals surface area contributed by atoms with E-state index in [4.69, 9.17) is 0 Å². The highest BCUT2D eigenvalue weighted by Crippen LogP contribution is 2.16. The second-order valence-corrected chi connectivity index (χ2v) is 6.47. The van der Waals surface area contributed by atoms with Gasteiger partial charge in [-0.1, -0.05) is 0 Å². The Labute approximate surface area is 149 Å². The largest absolute Gasteiger partial charge is 0.354 e. The third-order valence-electron chi connectivity index (χ3n) is 4.78. The number of hydrogen-bond donors (Lipinski definition) is 2. The van der Waals surface area contributed by atoms with Gasteiger partial charge in [0.1, 0.15) is 29.3 Å². The molecular formula is C17H20FN7O. The first-order valence-corrected chi connectivity index (χ1v) is 8.53. The van der Waals surface area contributed by atoms with Gasteiger partial charge in [0.25, 0.3) is 0 Å². The van der Waals surface area contributed by atoms with E-state index in [2.05, 4.69) is 25.8 Å². The summed E-state index contributed by atoms with van der Waals surface area (Å²) in [5.41, 5.74) is 1.50. The Morgan fingerprint density at radius 2 is 2.27 bits per heavy atom. The molecule has 1 aliphatic heterocycles. The van der Waals surface area contributed by atoms with Crippen molar-refractivity contribution < 1.29 is 9.18 Å². The van der Waals surface area contributed by atoms with Crippen LogP contribution in [0.5, 0.6) is 0 Å². The summed E-state index contributed by atoms with van der Waals surface area (Å²) in [6, 6.07) is 4.24. The van der Waals surface area contributed by atoms with E-state index >= 15 is 0 Å². The van der Waals surface area contributed by atoms with Crippen LogP contribution in [-0.4, -0.2) is 42.8 Å². The highest BCUT2D eigenvalue weighted by atomic mass is 19.1. The second kappa shape index (κ2) is 6.49. The van der Waals surface area contributed by atoms with E-state index in [1.807, 2.05) is 23.1 Å². The molecule has 9 heteroatoms. The van der Waals surface area contributed by atoms with E-state index in [0.717, 1.165) is 23.0 Å². The van der Waals surface area contributed by atoms with Crippen LogP contribution in [0, 0.1) is 12.7 Å². The number of aromatic nitrogens is 5. The number of amides is 1. The summed E-state index contributed by atoms with van der Waals surface area (Å²) in [6.45, 7) is 3.39. The highest BCUT2D eigenvalue weighted by molar-refractivity contribution is 5.81. The summed E-state index contributed by atoms with van der Waals surface area (Å²) in [5.74, 6) is 2.10. The van der Waals surface area contributed by atoms with Gasteiger partial charge in [-0.15, -0.1) is 10.2 Å². The van der Waals surface area contributed by atoms with Gasteiger partial charge in [0.05, 0.1) is 17.6 Å². The maximum Gasteiger partial charge on any atom is 0.239 e. The molecule has 3 heterocycles. The quantitative estimate of drug-likeness (QED) is 0.707. The third-order valence-corrected chi connectivity index (χ3v) is 4.78. The zero-order valence-corrected chi connectivity index (χ0v) is 14.7. The lowest BCUT2D eigenvalue weighted by atomic mass is 10.2. The van der Waals surface area contributed by atoms with Crippen LogP contribution in [0.25, 0.3) is 11.0 Å². The van der Waals surface area contributed by atoms with Gasteiger partial charge < -0.3 is 14.5 Å². The van der Waals surface area contributed by atoms with Crippen molar-refractivity contribution in [3.63, 3.8) is 0 Å². The van der Waals surface area contributed by atoms with Gasteiger partial charge in [0, 0.05) is 32.6 Å². The van der Waals surface area contributed by atoms with Crippen LogP contribution in [0.2, 0.25) is 0 Å². The lowest BCUT2D eigenvalue weighted by Gasteiger charge is -2.24. The molecule has 0 aliphatic carbocycles. The predicted octanol–water partition coefficient (Wildman–Crippen LogP) is 0.443. The number of benzene rings is 1. The van der Waals surface area contributed by atoms with Gasteiger partial charge in [-0.25, -0.2) is 9.37 Å². The normalized spacial score (nSPS) is 16.7. The molecular weight excluding hydrogens is 337 g/mol. The van der Waals surface area contributed by atoms with Gasteiger partial charge in [-0.3, -0.25) is 10.1 Å². The van der Waals surface area contributed by atoms with Crippen molar-refractivity contribution in [3.05, 3.63) is 41.5 Å². The second-order valence-electron chi connectivity index (χ2n) is 6.47. The number of aryl methyl sites for hydroxylation is 2. The number of hydrogen-bond acceptors (Lipinski definition) is 5. The molecule has 3 aromatic rings. The number of carbonyl (C=O) groups excluding carboxylic acids is 1. The van der Waals surface area contributed by atoms with Crippen LogP contribution in [0.3, 0.4) is 0 Å². The van der Waals surface area contributed by atoms with Crippen molar-refractivity contribution in [2.24, 2.45) is 7.05 Å². The number of fused-ring (bicyclic) bond motifs is 2. The Morgan fingerprint density at radius 1 is 1.42 bits per heavy atom. The number of halogens is 1. The summed E-state index contributed by atoms with van der Waals surface area (Å²) in [7, 11) is 1.89. The molecule has 4 rings (SSSR count). The molecule has 0 saturated heterocycles. The fourth-order valence-electron chi connectivity index (χ4n) is 3.30. The summed E-state index contributed by atoms with van der Waals surface area (Å²) >= 11 is 0. The van der Waals surface area contributed by atoms with E-state index in [-0.39, 0.29) is 17.8 Å². The van der Waals surface area contributed by atoms with Crippen LogP contribution < -0.4 is 10.6 Å². The van der Waals surface area contributed by atoms with E-state index < -0.39 is 0 Å². The molecule has 0 radical (unpaired) electrons. The summed E-state index contributed by atoms with van der Waals surface area (Å²) < 4.78 is 17.2. The van der Waals surface area contributed by atoms with E-state index in [1.54, 1.807) is 6.07 Å². The molecule has 0 bridgehead atoms. The topological polar surface area (TPSA) is 89.7 Å². The van der Waals surface area contributed by atoms with Gasteiger partial charge in [0.15, 0.2) is 0 Å². The zero-order chi connectivity index (χ0) is 18.3. The van der Waals surface area contributed by atoms with Crippen LogP contribution in [-0.2, 0) is 31.4 Å². The number of carbonyl (C=O) groups is 1. The van der Waals surface area contributed by atoms with Crippen molar-refractivity contribution in [2.75, 3.05) is 6.54 Å². The monoisotopic (exact) mass is 357 g/mol. The summed E-state index contributed by atoms with van der Waals surface area (Å²) in [6.07, 6.45) is 0.572. The van der Waals surface area contributed by atoms with Gasteiger partial charge >= 0.3 is 0 Å². The number of imidazole rings is 1. The van der Waals surface area contributed by atoms with Crippen LogP contribution in [0.15, 0.2) is 18.2 Å². The molecule has 1 atom stereocenters. The predicted molar refractivity (Wildman–Crippen MR) is 92.8 cm³/mol. The smallest absolute Gasteiger partial charge is 0.239 e. The first-order valence-electron chi connectivity index (χ1n) is 8.53. The molecule has 26 heavy (non-hydrogen) atoms. The minimum absolute atomic E-state index is 0.0615. The first kappa shape index (κ1) is 16.6. The minimum Gasteiger partial charge on any atom is -0.354 e. The Balaban J connectivity index is 1.37. The van der Waals surface area contributed by atoms with Crippen molar-refractivity contribution in [1.82, 2.24) is 34.9 Å². The first-order chi connectivity index (χ1) is 12.5. The van der Waals surface area contributed by atoms with Gasteiger partial charge in [-0.05, 0) is 19.1 Å². The Bertz CT molecular complexity index is 977. The van der Waals surface area contributed by atoms with Crippen molar-refractivity contribution in [1.29, 1.82) is 0 Å². The standard InChI is InChI=1S/C17H20FN7O/c1-10-22-23-16-8-20-13(9-25(10)16)17(26)19-6-5-15-21-12-7-11(18)3-4-14(12)24(15)2/h3-4,7,13,20H,5-6,8-9H2,1-2H3,(H,19,26). The van der Waals surface area contributed by atoms with Crippen molar-refractivity contribution in [2.45, 2.75) is 32.5 Å². The Hall–Kier alpha value is -2.81. The lowest BCUT2D eigenvalue weighted by molar-refractivity contribution is -0.123. The SMILES string of the molecule is Cc1nnc2n1CC(C(=O)NCCc1nc3cc(F)ccc3n1C)NC2. The molecule has 1 aromatic carbocycles. The van der Waals surface area contributed by atoms with Crippen molar-refractivity contribution in [3.8, 4) is 0 Å². The maximum atomic E-state index is 13.3. The van der Waals surface area contributed by atoms with Gasteiger partial charge in [0.2, 0.25) is 5.91 Å². The Morgan fingerprint density at radius 3 is 3.12 bits per heavy atom. The van der Waals surface area contributed by atoms with E-state index in [1.165, 1.54) is 12.1 Å². The fraction of sp³-hybridized carbons (Fsp3) is 0.412. The van der Waals surface area contributed by atoms with Crippen LogP contribution in [0.4, 0.5) is 4.39 Å². The van der Waals surface area contributed by atoms with Gasteiger partial charge in [-0.2, -0.15) is 0 Å².